The molecule has 0 amide bonds. The number of carbonyl (C=O) groups excluding carboxylic acids is 1. The summed E-state index contributed by atoms with van der Waals surface area (Å²) in [4.78, 5) is 11.1. The van der Waals surface area contributed by atoms with E-state index in [0.29, 0.717) is 6.61 Å². The minimum Gasteiger partial charge on any atom is -0.464 e. The predicted octanol–water partition coefficient (Wildman–Crippen LogP) is 10.9. The van der Waals surface area contributed by atoms with E-state index in [9.17, 15) is 4.79 Å². The summed E-state index contributed by atoms with van der Waals surface area (Å²) in [7, 11) is 0. The van der Waals surface area contributed by atoms with Gasteiger partial charge < -0.3 is 9.84 Å². The molecular formula is C33H66O3. The minimum atomic E-state index is -0.996. The van der Waals surface area contributed by atoms with Crippen LogP contribution in [0.15, 0.2) is 0 Å². The smallest absolute Gasteiger partial charge is 0.334 e. The van der Waals surface area contributed by atoms with Gasteiger partial charge in [-0.25, -0.2) is 4.79 Å². The molecule has 0 saturated carbocycles. The number of hydrogen-bond donors (Lipinski definition) is 1. The highest BCUT2D eigenvalue weighted by molar-refractivity contribution is 5.73. The summed E-state index contributed by atoms with van der Waals surface area (Å²) in [6, 6.07) is 0. The number of ether oxygens (including phenoxy) is 1. The molecule has 0 rings (SSSR count). The van der Waals surface area contributed by atoms with Gasteiger partial charge in [-0.2, -0.15) is 0 Å². The van der Waals surface area contributed by atoms with Crippen molar-refractivity contribution in [2.24, 2.45) is 0 Å². The molecule has 0 spiro atoms. The highest BCUT2D eigenvalue weighted by Gasteiger charge is 2.08. The maximum Gasteiger partial charge on any atom is 0.334 e. The second-order valence-electron chi connectivity index (χ2n) is 11.4. The van der Waals surface area contributed by atoms with Crippen molar-refractivity contribution >= 4 is 5.97 Å². The van der Waals surface area contributed by atoms with E-state index < -0.39 is 12.1 Å². The first-order chi connectivity index (χ1) is 17.7. The molecule has 1 unspecified atom stereocenters. The summed E-state index contributed by atoms with van der Waals surface area (Å²) in [6.07, 6.45) is 38.2. The van der Waals surface area contributed by atoms with Crippen molar-refractivity contribution in [2.75, 3.05) is 6.61 Å². The third-order valence-corrected chi connectivity index (χ3v) is 7.58. The summed E-state index contributed by atoms with van der Waals surface area (Å²) in [6.45, 7) is 4.19. The molecule has 3 nitrogen and oxygen atoms in total. The van der Waals surface area contributed by atoms with Gasteiger partial charge in [0, 0.05) is 0 Å². The van der Waals surface area contributed by atoms with Gasteiger partial charge in [-0.05, 0) is 13.3 Å². The number of aliphatic hydroxyl groups excluding tert-OH is 1. The van der Waals surface area contributed by atoms with Gasteiger partial charge in [-0.15, -0.1) is 0 Å². The molecule has 0 radical (unpaired) electrons. The van der Waals surface area contributed by atoms with E-state index in [4.69, 9.17) is 9.84 Å². The average molecular weight is 511 g/mol. The Labute approximate surface area is 226 Å². The zero-order chi connectivity index (χ0) is 26.4. The van der Waals surface area contributed by atoms with Crippen molar-refractivity contribution in [3.63, 3.8) is 0 Å². The summed E-state index contributed by atoms with van der Waals surface area (Å²) < 4.78 is 4.97. The molecule has 0 heterocycles. The second-order valence-corrected chi connectivity index (χ2v) is 11.4. The van der Waals surface area contributed by atoms with Gasteiger partial charge in [0.05, 0.1) is 6.61 Å². The molecule has 1 N–H and O–H groups in total. The lowest BCUT2D eigenvalue weighted by Gasteiger charge is -2.06. The standard InChI is InChI=1S/C33H66O3/c1-3-4-5-6-7-8-9-10-11-12-13-14-15-16-17-18-19-20-21-22-23-24-25-26-27-28-29-30-31-36-33(35)32(2)34/h32,34H,3-31H2,1-2H3. The number of esters is 1. The van der Waals surface area contributed by atoms with Gasteiger partial charge in [-0.3, -0.25) is 0 Å². The van der Waals surface area contributed by atoms with E-state index in [0.717, 1.165) is 12.8 Å². The number of hydrogen-bond acceptors (Lipinski definition) is 3. The topological polar surface area (TPSA) is 46.5 Å². The second kappa shape index (κ2) is 30.7. The van der Waals surface area contributed by atoms with Crippen LogP contribution in [0.25, 0.3) is 0 Å². The van der Waals surface area contributed by atoms with E-state index in [1.807, 2.05) is 0 Å². The third kappa shape index (κ3) is 29.7. The molecule has 0 aliphatic carbocycles. The molecule has 1 atom stereocenters. The molecule has 0 aromatic heterocycles. The first-order valence-corrected chi connectivity index (χ1v) is 16.5. The number of carbonyl (C=O) groups is 1. The van der Waals surface area contributed by atoms with Gasteiger partial charge >= 0.3 is 5.97 Å². The summed E-state index contributed by atoms with van der Waals surface area (Å²) in [5.41, 5.74) is 0. The van der Waals surface area contributed by atoms with Gasteiger partial charge in [0.25, 0.3) is 0 Å². The van der Waals surface area contributed by atoms with E-state index in [1.54, 1.807) is 0 Å². The van der Waals surface area contributed by atoms with Crippen LogP contribution in [0.4, 0.5) is 0 Å². The van der Waals surface area contributed by atoms with Crippen LogP contribution in [0.2, 0.25) is 0 Å². The molecule has 0 saturated heterocycles. The lowest BCUT2D eigenvalue weighted by Crippen LogP contribution is -2.19. The van der Waals surface area contributed by atoms with Crippen LogP contribution in [0, 0.1) is 0 Å². The zero-order valence-electron chi connectivity index (χ0n) is 24.8. The maximum atomic E-state index is 11.1. The molecule has 3 heteroatoms. The Kier molecular flexibility index (Phi) is 30.2. The van der Waals surface area contributed by atoms with Crippen LogP contribution in [-0.4, -0.2) is 23.8 Å². The third-order valence-electron chi connectivity index (χ3n) is 7.58. The fraction of sp³-hybridized carbons (Fsp3) is 0.970. The Bertz CT molecular complexity index is 421. The zero-order valence-corrected chi connectivity index (χ0v) is 24.8. The Morgan fingerprint density at radius 3 is 0.917 bits per heavy atom. The number of rotatable bonds is 30. The minimum absolute atomic E-state index is 0.448. The fourth-order valence-corrected chi connectivity index (χ4v) is 5.06. The molecule has 0 bridgehead atoms. The van der Waals surface area contributed by atoms with Gasteiger partial charge in [0.15, 0.2) is 0 Å². The van der Waals surface area contributed by atoms with Crippen molar-refractivity contribution in [2.45, 2.75) is 200 Å². The first-order valence-electron chi connectivity index (χ1n) is 16.5. The van der Waals surface area contributed by atoms with Crippen LogP contribution >= 0.6 is 0 Å². The highest BCUT2D eigenvalue weighted by Crippen LogP contribution is 2.16. The Morgan fingerprint density at radius 1 is 0.472 bits per heavy atom. The lowest BCUT2D eigenvalue weighted by molar-refractivity contribution is -0.152. The number of aliphatic hydroxyl groups is 1. The van der Waals surface area contributed by atoms with Crippen molar-refractivity contribution in [1.29, 1.82) is 0 Å². The average Bonchev–Trinajstić information content (AvgIpc) is 2.87. The summed E-state index contributed by atoms with van der Waals surface area (Å²) in [5.74, 6) is -0.500. The van der Waals surface area contributed by atoms with Crippen molar-refractivity contribution in [3.8, 4) is 0 Å². The normalized spacial score (nSPS) is 12.2. The quantitative estimate of drug-likeness (QED) is 0.0772. The van der Waals surface area contributed by atoms with E-state index in [1.165, 1.54) is 174 Å². The SMILES string of the molecule is CCCCCCCCCCCCCCCCCCCCCCCCCCCCCCOC(=O)C(C)O. The molecule has 216 valence electrons. The van der Waals surface area contributed by atoms with E-state index in [2.05, 4.69) is 6.92 Å². The summed E-state index contributed by atoms with van der Waals surface area (Å²) >= 11 is 0. The maximum absolute atomic E-state index is 11.1. The molecule has 0 aliphatic heterocycles. The van der Waals surface area contributed by atoms with Crippen LogP contribution in [0.1, 0.15) is 194 Å². The van der Waals surface area contributed by atoms with Crippen LogP contribution < -0.4 is 0 Å². The first kappa shape index (κ1) is 35.4. The highest BCUT2D eigenvalue weighted by atomic mass is 16.5. The lowest BCUT2D eigenvalue weighted by atomic mass is 10.0. The van der Waals surface area contributed by atoms with Gasteiger partial charge in [0.1, 0.15) is 6.10 Å². The van der Waals surface area contributed by atoms with Crippen molar-refractivity contribution in [3.05, 3.63) is 0 Å². The number of unbranched alkanes of at least 4 members (excludes halogenated alkanes) is 27. The molecular weight excluding hydrogens is 444 g/mol. The summed E-state index contributed by atoms with van der Waals surface area (Å²) in [5, 5.41) is 9.05. The Morgan fingerprint density at radius 2 is 0.694 bits per heavy atom. The van der Waals surface area contributed by atoms with Crippen LogP contribution in [0.5, 0.6) is 0 Å². The van der Waals surface area contributed by atoms with Gasteiger partial charge in [-0.1, -0.05) is 180 Å². The monoisotopic (exact) mass is 511 g/mol. The molecule has 0 aromatic rings. The Hall–Kier alpha value is -0.570. The molecule has 36 heavy (non-hydrogen) atoms. The van der Waals surface area contributed by atoms with Crippen LogP contribution in [0.3, 0.4) is 0 Å². The van der Waals surface area contributed by atoms with Crippen LogP contribution in [-0.2, 0) is 9.53 Å². The van der Waals surface area contributed by atoms with E-state index in [-0.39, 0.29) is 0 Å². The Balaban J connectivity index is 3.05. The van der Waals surface area contributed by atoms with Crippen molar-refractivity contribution in [1.82, 2.24) is 0 Å². The molecule has 0 aliphatic rings. The molecule has 0 fully saturated rings. The largest absolute Gasteiger partial charge is 0.464 e. The van der Waals surface area contributed by atoms with Gasteiger partial charge in [0.2, 0.25) is 0 Å². The fourth-order valence-electron chi connectivity index (χ4n) is 5.06. The predicted molar refractivity (Wildman–Crippen MR) is 158 cm³/mol. The van der Waals surface area contributed by atoms with Crippen molar-refractivity contribution < 1.29 is 14.6 Å². The molecule has 0 aromatic carbocycles. The van der Waals surface area contributed by atoms with E-state index >= 15 is 0 Å².